The van der Waals surface area contributed by atoms with E-state index >= 15 is 0 Å². The van der Waals surface area contributed by atoms with Crippen LogP contribution in [0.15, 0.2) is 81.8 Å². The van der Waals surface area contributed by atoms with Gasteiger partial charge in [-0.1, -0.05) is 34.9 Å². The molecule has 6 aliphatic rings. The minimum absolute atomic E-state index is 0.00180. The van der Waals surface area contributed by atoms with Crippen LogP contribution in [0.25, 0.3) is 66.1 Å². The van der Waals surface area contributed by atoms with E-state index in [0.717, 1.165) is 160 Å². The van der Waals surface area contributed by atoms with Crippen LogP contribution in [0.3, 0.4) is 0 Å². The number of anilines is 3. The Morgan fingerprint density at radius 3 is 1.82 bits per heavy atom. The number of hydrogen-bond donors (Lipinski definition) is 8. The Hall–Kier alpha value is -13.7. The van der Waals surface area contributed by atoms with Gasteiger partial charge in [-0.25, -0.2) is 14.6 Å². The molecule has 4 fully saturated rings. The van der Waals surface area contributed by atoms with Crippen molar-refractivity contribution in [3.63, 3.8) is 0 Å². The first-order chi connectivity index (χ1) is 59.5. The van der Waals surface area contributed by atoms with Crippen molar-refractivity contribution in [2.24, 2.45) is 5.73 Å². The maximum atomic E-state index is 13.7. The number of H-pyrrole nitrogens is 2. The number of imide groups is 4. The maximum absolute atomic E-state index is 13.7. The van der Waals surface area contributed by atoms with Crippen molar-refractivity contribution in [1.29, 1.82) is 0 Å². The summed E-state index contributed by atoms with van der Waals surface area (Å²) in [6.07, 6.45) is 9.87. The van der Waals surface area contributed by atoms with E-state index < -0.39 is 66.5 Å². The molecule has 2 saturated heterocycles. The van der Waals surface area contributed by atoms with Gasteiger partial charge in [0.1, 0.15) is 52.3 Å². The Kier molecular flexibility index (Phi) is 23.7. The van der Waals surface area contributed by atoms with Gasteiger partial charge in [-0.15, -0.1) is 0 Å². The molecule has 34 nitrogen and oxygen atoms in total. The molecular weight excluding hydrogens is 1570 g/mol. The van der Waals surface area contributed by atoms with Gasteiger partial charge in [0.05, 0.1) is 77.3 Å². The first-order valence-electron chi connectivity index (χ1n) is 41.6. The molecule has 632 valence electrons. The summed E-state index contributed by atoms with van der Waals surface area (Å²) in [6, 6.07) is 20.6. The van der Waals surface area contributed by atoms with Crippen LogP contribution in [0.4, 0.5) is 21.7 Å². The highest BCUT2D eigenvalue weighted by atomic mass is 19.1. The fraction of sp³-hybridized carbons (Fsp3) is 0.379. The molecule has 12 aromatic rings. The third-order valence-corrected chi connectivity index (χ3v) is 22.8. The lowest BCUT2D eigenvalue weighted by atomic mass is 9.97. The van der Waals surface area contributed by atoms with E-state index in [9.17, 15) is 52.3 Å². The van der Waals surface area contributed by atoms with Crippen LogP contribution < -0.4 is 41.8 Å². The second-order valence-corrected chi connectivity index (χ2v) is 30.9. The number of unbranched alkanes of at least 4 members (excludes halogenated alkanes) is 3. The summed E-state index contributed by atoms with van der Waals surface area (Å²) in [5, 5.41) is 35.4. The second kappa shape index (κ2) is 35.3. The summed E-state index contributed by atoms with van der Waals surface area (Å²) in [5.74, 6) is -0.0579. The fourth-order valence-corrected chi connectivity index (χ4v) is 16.6. The molecule has 0 spiro atoms. The van der Waals surface area contributed by atoms with Crippen molar-refractivity contribution in [2.45, 2.75) is 182 Å². The number of aromatic nitrogens is 12. The van der Waals surface area contributed by atoms with Gasteiger partial charge in [-0.2, -0.15) is 20.2 Å². The number of nitrogens with one attached hydrogen (secondary N) is 7. The first kappa shape index (κ1) is 82.0. The number of methoxy groups -OCH3 is 1. The first-order valence-corrected chi connectivity index (χ1v) is 40.8. The van der Waals surface area contributed by atoms with Crippen LogP contribution in [0.2, 0.25) is 0 Å². The Morgan fingerprint density at radius 2 is 1.22 bits per heavy atom. The monoisotopic (exact) mass is 1660 g/mol. The van der Waals surface area contributed by atoms with Gasteiger partial charge < -0.3 is 50.2 Å². The average molecular weight is 1660 g/mol. The van der Waals surface area contributed by atoms with Crippen LogP contribution in [0, 0.1) is 34.6 Å². The van der Waals surface area contributed by atoms with Crippen LogP contribution in [-0.4, -0.2) is 175 Å². The number of nitrogens with two attached hydrogens (primary N) is 1. The predicted molar refractivity (Wildman–Crippen MR) is 446 cm³/mol. The molecule has 122 heavy (non-hydrogen) atoms. The van der Waals surface area contributed by atoms with Crippen LogP contribution in [0.5, 0.6) is 11.8 Å². The molecular formula is C87H93FN20O14. The van der Waals surface area contributed by atoms with Crippen molar-refractivity contribution >= 4 is 121 Å². The highest BCUT2D eigenvalue weighted by Gasteiger charge is 2.47. The molecule has 8 aromatic heterocycles. The number of piperidine rings is 2. The Labute approximate surface area is 699 Å². The molecule has 12 heterocycles. The number of halogens is 1. The zero-order valence-electron chi connectivity index (χ0n) is 69.7. The fourth-order valence-electron chi connectivity index (χ4n) is 16.6. The van der Waals surface area contributed by atoms with Gasteiger partial charge in [-0.05, 0) is 191 Å². The van der Waals surface area contributed by atoms with Gasteiger partial charge in [0.15, 0.2) is 0 Å². The number of aromatic amines is 2. The third-order valence-electron chi connectivity index (χ3n) is 22.8. The topological polar surface area (TPSA) is 453 Å². The number of amides is 9. The number of benzene rings is 4. The zero-order valence-corrected chi connectivity index (χ0v) is 68.7. The molecule has 4 aromatic carbocycles. The largest absolute Gasteiger partial charge is 0.496 e. The highest BCUT2D eigenvalue weighted by Crippen LogP contribution is 2.45. The SMILES string of the molecule is CCn1nc(C2CC2)cc1Cc1nc(OC=O)nc2[nH]c3cc(-c4c(C)noc4C)c(OC)cc3c12.CCn1nc(C2CC2)cc1Nc1nc(C(=O)NCCCCCc2cccc3c2C(=O)N(C2CCC(=O)NC2=O)C3=O)nc2[nH]c3cc(-c4c(C)noc4C)c(C)cc3c12.NCCCCNc1cccc2c1C(=O)N(C1CCC(=O)NC1=O)C2=O.[2H]CF. The molecule has 2 unspecified atom stereocenters. The van der Waals surface area contributed by atoms with Crippen LogP contribution in [-0.2, 0) is 49.9 Å². The van der Waals surface area contributed by atoms with Crippen molar-refractivity contribution in [1.82, 2.24) is 85.5 Å². The summed E-state index contributed by atoms with van der Waals surface area (Å²) in [7, 11) is 0.643. The van der Waals surface area contributed by atoms with Crippen molar-refractivity contribution in [2.75, 3.05) is 44.5 Å². The van der Waals surface area contributed by atoms with E-state index in [4.69, 9.17) is 45.8 Å². The maximum Gasteiger partial charge on any atom is 0.326 e. The summed E-state index contributed by atoms with van der Waals surface area (Å²) < 4.78 is 41.2. The van der Waals surface area contributed by atoms with Gasteiger partial charge in [0, 0.05) is 113 Å². The van der Waals surface area contributed by atoms with Crippen molar-refractivity contribution in [3.8, 4) is 34.0 Å². The minimum atomic E-state index is -1.01. The Balaban J connectivity index is 0.000000155. The predicted octanol–water partition coefficient (Wildman–Crippen LogP) is 11.5. The molecule has 4 aliphatic heterocycles. The van der Waals surface area contributed by atoms with Gasteiger partial charge in [0.25, 0.3) is 29.5 Å². The molecule has 18 rings (SSSR count). The van der Waals surface area contributed by atoms with E-state index in [0.29, 0.717) is 110 Å². The molecule has 0 radical (unpaired) electrons. The van der Waals surface area contributed by atoms with Crippen LogP contribution in [0.1, 0.15) is 219 Å². The number of nitrogens with zero attached hydrogens (tertiary/aromatic N) is 12. The van der Waals surface area contributed by atoms with Crippen molar-refractivity contribution in [3.05, 3.63) is 158 Å². The second-order valence-electron chi connectivity index (χ2n) is 30.9. The number of aryl methyl sites for hydroxylation is 8. The number of rotatable bonds is 27. The molecule has 9 amide bonds. The van der Waals surface area contributed by atoms with Crippen molar-refractivity contribution < 1.29 is 72.2 Å². The standard InChI is InChI=1S/C43H44N10O6.C26H26N6O4.C17H20N4O4.CH3F/c1-5-52-32(20-29(50-52)24-13-14-24)46-38-36-28-18-21(2)27(34-22(3)51-59-23(34)4)19-30(28)45-37(36)48-39(49-38)41(56)44-17-8-6-7-10-25-11-9-12-26-35(25)43(58)53(42(26)57)31-15-16-33(54)47-40(31)55;1-5-32-16(8-19(30-32)15-6-7-15)9-21-24-17-11-22(34-4)18(23-13(2)31-36-14(23)3)10-20(17)27-25(24)29-26(28-21)35-12-33;18-8-1-2-9-19-11-5-3-4-10-14(11)17(25)21(16(10)24)12-6-7-13(22)20-15(12)23;1-2/h9,11-12,18-20,24,31H,5-8,10,13-17H2,1-4H3,(H,44,56)(H,47,54,55)(H2,45,46,48,49);8,10-12,15H,5-7,9H2,1-4H3,(H,27,28,29);3-5,12,19H,1-2,6-9,18H2,(H,20,22,23);1H3/i;;;1D. The van der Waals surface area contributed by atoms with Gasteiger partial charge >= 0.3 is 12.5 Å². The van der Waals surface area contributed by atoms with Gasteiger partial charge in [0.2, 0.25) is 29.5 Å². The number of ether oxygens (including phenoxy) is 2. The average Bonchev–Trinajstić information content (AvgIpc) is 1.52. The molecule has 9 N–H and O–H groups in total. The van der Waals surface area contributed by atoms with E-state index in [1.54, 1.807) is 37.4 Å². The molecule has 2 atom stereocenters. The molecule has 35 heteroatoms. The quantitative estimate of drug-likeness (QED) is 0.0135. The molecule has 0 bridgehead atoms. The van der Waals surface area contributed by atoms with E-state index in [1.165, 1.54) is 12.8 Å². The Morgan fingerprint density at radius 1 is 0.639 bits per heavy atom. The number of carbonyl (C=O) groups is 10. The molecule has 2 aliphatic carbocycles. The lowest BCUT2D eigenvalue weighted by Gasteiger charge is -2.27. The van der Waals surface area contributed by atoms with Crippen LogP contribution >= 0.6 is 0 Å². The minimum Gasteiger partial charge on any atom is -0.496 e. The summed E-state index contributed by atoms with van der Waals surface area (Å²) >= 11 is 0. The van der Waals surface area contributed by atoms with E-state index in [2.05, 4.69) is 88.0 Å². The van der Waals surface area contributed by atoms with E-state index in [-0.39, 0.29) is 60.1 Å². The third kappa shape index (κ3) is 16.4. The van der Waals surface area contributed by atoms with Gasteiger partial charge in [-0.3, -0.25) is 77.5 Å². The summed E-state index contributed by atoms with van der Waals surface area (Å²) in [5.41, 5.74) is 21.0. The summed E-state index contributed by atoms with van der Waals surface area (Å²) in [4.78, 5) is 152. The lowest BCUT2D eigenvalue weighted by Crippen LogP contribution is -2.54. The number of fused-ring (bicyclic) bond motifs is 8. The number of carbonyl (C=O) groups excluding carboxylic acids is 10. The zero-order chi connectivity index (χ0) is 86.8. The van der Waals surface area contributed by atoms with E-state index in [1.807, 2.05) is 69.1 Å². The summed E-state index contributed by atoms with van der Waals surface area (Å²) in [6.45, 7) is 17.1. The Bertz CT molecular complexity index is 6190. The normalized spacial score (nSPS) is 16.3. The number of alkyl halides is 1. The highest BCUT2D eigenvalue weighted by molar-refractivity contribution is 6.26. The lowest BCUT2D eigenvalue weighted by molar-refractivity contribution is -0.137. The molecule has 2 saturated carbocycles. The number of hydrogen-bond acceptors (Lipinski definition) is 25. The smallest absolute Gasteiger partial charge is 0.326 e.